The third kappa shape index (κ3) is 2.39. The van der Waals surface area contributed by atoms with E-state index in [9.17, 15) is 9.90 Å². The summed E-state index contributed by atoms with van der Waals surface area (Å²) in [5.74, 6) is 2.41. The van der Waals surface area contributed by atoms with E-state index in [2.05, 4.69) is 61.0 Å². The first-order chi connectivity index (χ1) is 14.4. The third-order valence-corrected chi connectivity index (χ3v) is 9.81. The predicted molar refractivity (Wildman–Crippen MR) is 120 cm³/mol. The number of benzene rings is 1. The average Bonchev–Trinajstić information content (AvgIpc) is 3.28. The number of aliphatic hydroxyl groups excluding tert-OH is 1. The molecule has 0 aliphatic heterocycles. The lowest BCUT2D eigenvalue weighted by atomic mass is 9.44. The smallest absolute Gasteiger partial charge is 0.133 e. The number of ketones is 1. The molecule has 3 saturated carbocycles. The minimum Gasteiger partial charge on any atom is -0.393 e. The average molecular weight is 404 g/mol. The fraction of sp³-hybridized carbons (Fsp3) is 0.593. The molecule has 0 spiro atoms. The van der Waals surface area contributed by atoms with Gasteiger partial charge in [0.25, 0.3) is 0 Å². The number of Topliss-reactive ketones (excluding diaryl/α,β-unsaturated/α-hetero) is 1. The van der Waals surface area contributed by atoms with Crippen LogP contribution in [0.1, 0.15) is 58.8 Å². The molecule has 1 aromatic heterocycles. The van der Waals surface area contributed by atoms with Gasteiger partial charge in [0, 0.05) is 30.2 Å². The van der Waals surface area contributed by atoms with Crippen LogP contribution >= 0.6 is 0 Å². The topological polar surface area (TPSA) is 42.2 Å². The van der Waals surface area contributed by atoms with Gasteiger partial charge < -0.3 is 9.67 Å². The first kappa shape index (κ1) is 18.9. The van der Waals surface area contributed by atoms with Gasteiger partial charge in [0.05, 0.1) is 11.6 Å². The normalized spacial score (nSPS) is 43.1. The molecule has 6 rings (SSSR count). The van der Waals surface area contributed by atoms with Gasteiger partial charge in [-0.15, -0.1) is 0 Å². The van der Waals surface area contributed by atoms with Gasteiger partial charge in [-0.3, -0.25) is 4.79 Å². The molecule has 3 nitrogen and oxygen atoms in total. The largest absolute Gasteiger partial charge is 0.393 e. The van der Waals surface area contributed by atoms with Crippen LogP contribution in [0.4, 0.5) is 0 Å². The van der Waals surface area contributed by atoms with Crippen LogP contribution in [-0.2, 0) is 4.79 Å². The fourth-order valence-electron chi connectivity index (χ4n) is 8.39. The van der Waals surface area contributed by atoms with E-state index >= 15 is 0 Å². The molecule has 0 amide bonds. The Morgan fingerprint density at radius 2 is 1.97 bits per heavy atom. The zero-order chi connectivity index (χ0) is 20.7. The first-order valence-corrected chi connectivity index (χ1v) is 11.9. The Hall–Kier alpha value is -1.87. The van der Waals surface area contributed by atoms with Crippen molar-refractivity contribution in [1.82, 2.24) is 4.57 Å². The van der Waals surface area contributed by atoms with Crippen LogP contribution in [0.15, 0.2) is 42.6 Å². The molecule has 4 unspecified atom stereocenters. The second-order valence-electron chi connectivity index (χ2n) is 11.1. The molecule has 0 radical (unpaired) electrons. The highest BCUT2D eigenvalue weighted by Gasteiger charge is 2.61. The summed E-state index contributed by atoms with van der Waals surface area (Å²) in [5, 5.41) is 12.9. The molecule has 30 heavy (non-hydrogen) atoms. The number of aromatic nitrogens is 1. The van der Waals surface area contributed by atoms with Crippen LogP contribution < -0.4 is 0 Å². The van der Waals surface area contributed by atoms with E-state index < -0.39 is 0 Å². The van der Waals surface area contributed by atoms with Crippen molar-refractivity contribution in [2.24, 2.45) is 34.5 Å². The van der Waals surface area contributed by atoms with Gasteiger partial charge in [0.15, 0.2) is 0 Å². The summed E-state index contributed by atoms with van der Waals surface area (Å²) in [5.41, 5.74) is 2.79. The monoisotopic (exact) mass is 403 g/mol. The maximum absolute atomic E-state index is 12.1. The summed E-state index contributed by atoms with van der Waals surface area (Å²) in [6.07, 6.45) is 11.1. The standard InChI is InChI=1S/C27H33NO2/c1-26-13-11-19(29)15-18(26)7-8-20-21-9-10-24(27(21,2)16-23(30)25(20)26)28-14-12-17-5-3-4-6-22(17)28/h3-6,10,12,14,18,20-21,23,25,30H,7-9,11,13,15-16H2,1-2H3/t18-,20?,21?,23?,25?,26+,27+/m1/s1. The van der Waals surface area contributed by atoms with Crippen molar-refractivity contribution in [3.05, 3.63) is 42.6 Å². The van der Waals surface area contributed by atoms with E-state index in [-0.39, 0.29) is 16.9 Å². The predicted octanol–water partition coefficient (Wildman–Crippen LogP) is 5.67. The van der Waals surface area contributed by atoms with E-state index in [4.69, 9.17) is 0 Å². The van der Waals surface area contributed by atoms with Crippen molar-refractivity contribution >= 4 is 22.4 Å². The highest BCUT2D eigenvalue weighted by molar-refractivity contribution is 5.84. The molecule has 1 aromatic carbocycles. The van der Waals surface area contributed by atoms with Crippen molar-refractivity contribution in [3.63, 3.8) is 0 Å². The molecule has 1 N–H and O–H groups in total. The number of para-hydroxylation sites is 1. The summed E-state index contributed by atoms with van der Waals surface area (Å²) in [4.78, 5) is 12.1. The number of rotatable bonds is 1. The highest BCUT2D eigenvalue weighted by Crippen LogP contribution is 2.66. The second kappa shape index (κ2) is 6.32. The zero-order valence-electron chi connectivity index (χ0n) is 18.2. The number of allylic oxidation sites excluding steroid dienone is 2. The van der Waals surface area contributed by atoms with E-state index in [1.54, 1.807) is 0 Å². The van der Waals surface area contributed by atoms with E-state index in [1.165, 1.54) is 23.0 Å². The van der Waals surface area contributed by atoms with Crippen LogP contribution in [0.5, 0.6) is 0 Å². The summed E-state index contributed by atoms with van der Waals surface area (Å²) < 4.78 is 2.38. The number of carbonyl (C=O) groups excluding carboxylic acids is 1. The van der Waals surface area contributed by atoms with Crippen LogP contribution in [0.2, 0.25) is 0 Å². The molecular formula is C27H33NO2. The molecule has 1 heterocycles. The quantitative estimate of drug-likeness (QED) is 0.666. The Bertz CT molecular complexity index is 1050. The molecule has 3 heteroatoms. The van der Waals surface area contributed by atoms with Gasteiger partial charge in [0.2, 0.25) is 0 Å². The van der Waals surface area contributed by atoms with Gasteiger partial charge in [0.1, 0.15) is 5.78 Å². The first-order valence-electron chi connectivity index (χ1n) is 11.9. The van der Waals surface area contributed by atoms with Gasteiger partial charge in [-0.2, -0.15) is 0 Å². The van der Waals surface area contributed by atoms with Gasteiger partial charge >= 0.3 is 0 Å². The van der Waals surface area contributed by atoms with Crippen LogP contribution in [0, 0.1) is 34.5 Å². The number of fused-ring (bicyclic) bond motifs is 6. The number of nitrogens with zero attached hydrogens (tertiary/aromatic N) is 1. The molecule has 0 saturated heterocycles. The maximum atomic E-state index is 12.1. The lowest BCUT2D eigenvalue weighted by Crippen LogP contribution is -2.58. The molecule has 4 aliphatic rings. The maximum Gasteiger partial charge on any atom is 0.133 e. The third-order valence-electron chi connectivity index (χ3n) is 9.81. The fourth-order valence-corrected chi connectivity index (χ4v) is 8.39. The minimum absolute atomic E-state index is 0.00998. The van der Waals surface area contributed by atoms with Crippen LogP contribution in [0.3, 0.4) is 0 Å². The minimum atomic E-state index is -0.277. The van der Waals surface area contributed by atoms with Gasteiger partial charge in [-0.05, 0) is 78.7 Å². The van der Waals surface area contributed by atoms with Gasteiger partial charge in [-0.1, -0.05) is 38.1 Å². The van der Waals surface area contributed by atoms with Crippen molar-refractivity contribution in [2.45, 2.75) is 64.9 Å². The number of aliphatic hydroxyl groups is 1. The summed E-state index contributed by atoms with van der Waals surface area (Å²) in [6.45, 7) is 4.80. The van der Waals surface area contributed by atoms with Crippen molar-refractivity contribution < 1.29 is 9.90 Å². The molecule has 4 aliphatic carbocycles. The Morgan fingerprint density at radius 1 is 1.13 bits per heavy atom. The molecular weight excluding hydrogens is 370 g/mol. The SMILES string of the molecule is C[C@]12CC(O)C3C(CC[C@@H]4CC(=O)CC[C@]34C)C1CC=C2n1ccc2ccccc21. The molecule has 2 aromatic rings. The summed E-state index contributed by atoms with van der Waals surface area (Å²) >= 11 is 0. The molecule has 7 atom stereocenters. The number of hydrogen-bond acceptors (Lipinski definition) is 2. The van der Waals surface area contributed by atoms with Gasteiger partial charge in [-0.25, -0.2) is 0 Å². The van der Waals surface area contributed by atoms with Crippen molar-refractivity contribution in [3.8, 4) is 0 Å². The Balaban J connectivity index is 1.38. The lowest BCUT2D eigenvalue weighted by molar-refractivity contribution is -0.162. The van der Waals surface area contributed by atoms with E-state index in [0.29, 0.717) is 35.9 Å². The van der Waals surface area contributed by atoms with Crippen LogP contribution in [-0.4, -0.2) is 21.6 Å². The van der Waals surface area contributed by atoms with Crippen LogP contribution in [0.25, 0.3) is 16.6 Å². The summed E-state index contributed by atoms with van der Waals surface area (Å²) in [6, 6.07) is 10.8. The Morgan fingerprint density at radius 3 is 2.83 bits per heavy atom. The Labute approximate surface area is 179 Å². The molecule has 0 bridgehead atoms. The number of hydrogen-bond donors (Lipinski definition) is 1. The second-order valence-corrected chi connectivity index (χ2v) is 11.1. The highest BCUT2D eigenvalue weighted by atomic mass is 16.3. The van der Waals surface area contributed by atoms with Crippen molar-refractivity contribution in [2.75, 3.05) is 0 Å². The molecule has 158 valence electrons. The van der Waals surface area contributed by atoms with E-state index in [1.807, 2.05) is 0 Å². The lowest BCUT2D eigenvalue weighted by Gasteiger charge is -2.61. The Kier molecular flexibility index (Phi) is 3.98. The zero-order valence-corrected chi connectivity index (χ0v) is 18.2. The number of carbonyl (C=O) groups is 1. The van der Waals surface area contributed by atoms with Crippen molar-refractivity contribution in [1.29, 1.82) is 0 Å². The summed E-state index contributed by atoms with van der Waals surface area (Å²) in [7, 11) is 0. The molecule has 3 fully saturated rings. The van der Waals surface area contributed by atoms with E-state index in [0.717, 1.165) is 32.1 Å².